The summed E-state index contributed by atoms with van der Waals surface area (Å²) in [6.45, 7) is 0.715. The van der Waals surface area contributed by atoms with E-state index >= 15 is 0 Å². The Morgan fingerprint density at radius 3 is 3.16 bits per heavy atom. The summed E-state index contributed by atoms with van der Waals surface area (Å²) in [5.74, 6) is 0.511. The molecular weight excluding hydrogens is 246 g/mol. The van der Waals surface area contributed by atoms with Gasteiger partial charge in [0, 0.05) is 19.0 Å². The van der Waals surface area contributed by atoms with Gasteiger partial charge in [0.15, 0.2) is 5.69 Å². The number of carbonyl (C=O) groups is 1. The Balaban J connectivity index is 2.01. The molecule has 19 heavy (non-hydrogen) atoms. The second kappa shape index (κ2) is 4.55. The lowest BCUT2D eigenvalue weighted by Gasteiger charge is -2.22. The molecule has 0 spiro atoms. The summed E-state index contributed by atoms with van der Waals surface area (Å²) < 4.78 is 7.26. The lowest BCUT2D eigenvalue weighted by atomic mass is 10.0. The molecule has 0 fully saturated rings. The molecule has 100 valence electrons. The minimum Gasteiger partial charge on any atom is -0.476 e. The Morgan fingerprint density at radius 2 is 2.47 bits per heavy atom. The zero-order chi connectivity index (χ0) is 13.4. The van der Waals surface area contributed by atoms with E-state index in [-0.39, 0.29) is 11.7 Å². The van der Waals surface area contributed by atoms with Gasteiger partial charge in [0.25, 0.3) is 0 Å². The van der Waals surface area contributed by atoms with Crippen LogP contribution in [0.25, 0.3) is 0 Å². The predicted octanol–water partition coefficient (Wildman–Crippen LogP) is 1.04. The number of aromatic carboxylic acids is 1. The van der Waals surface area contributed by atoms with Gasteiger partial charge in [0.2, 0.25) is 0 Å². The van der Waals surface area contributed by atoms with Crippen LogP contribution in [-0.2, 0) is 19.4 Å². The van der Waals surface area contributed by atoms with Gasteiger partial charge in [-0.2, -0.15) is 0 Å². The quantitative estimate of drug-likeness (QED) is 0.860. The van der Waals surface area contributed by atoms with E-state index in [0.717, 1.165) is 23.7 Å². The molecule has 0 aromatic carbocycles. The number of carboxylic acid groups (broad SMARTS) is 1. The van der Waals surface area contributed by atoms with Crippen LogP contribution in [0, 0.1) is 0 Å². The third-order valence-corrected chi connectivity index (χ3v) is 3.45. The number of nitrogens with two attached hydrogens (primary N) is 1. The minimum absolute atomic E-state index is 0.0127. The Morgan fingerprint density at radius 1 is 1.63 bits per heavy atom. The molecule has 0 saturated heterocycles. The number of nitrogens with zero attached hydrogens (tertiary/aromatic N) is 2. The number of hydrogen-bond donors (Lipinski definition) is 2. The fourth-order valence-electron chi connectivity index (χ4n) is 2.53. The highest BCUT2D eigenvalue weighted by molar-refractivity contribution is 5.87. The van der Waals surface area contributed by atoms with Gasteiger partial charge in [0.05, 0.1) is 18.4 Å². The van der Waals surface area contributed by atoms with E-state index in [2.05, 4.69) is 4.98 Å². The smallest absolute Gasteiger partial charge is 0.356 e. The van der Waals surface area contributed by atoms with E-state index in [9.17, 15) is 9.90 Å². The highest BCUT2D eigenvalue weighted by atomic mass is 16.4. The fraction of sp³-hybridized carbons (Fsp3) is 0.385. The van der Waals surface area contributed by atoms with Crippen LogP contribution in [0.3, 0.4) is 0 Å². The van der Waals surface area contributed by atoms with E-state index in [1.54, 1.807) is 6.26 Å². The van der Waals surface area contributed by atoms with Crippen LogP contribution < -0.4 is 5.73 Å². The zero-order valence-electron chi connectivity index (χ0n) is 10.4. The van der Waals surface area contributed by atoms with Crippen molar-refractivity contribution in [2.24, 2.45) is 5.73 Å². The van der Waals surface area contributed by atoms with Crippen LogP contribution in [-0.4, -0.2) is 26.7 Å². The number of furan rings is 1. The van der Waals surface area contributed by atoms with Gasteiger partial charge in [-0.05, 0) is 18.6 Å². The first kappa shape index (κ1) is 12.0. The molecule has 3 N–H and O–H groups in total. The van der Waals surface area contributed by atoms with E-state index in [4.69, 9.17) is 10.2 Å². The molecule has 0 aliphatic carbocycles. The molecule has 6 heteroatoms. The second-order valence-corrected chi connectivity index (χ2v) is 4.79. The topological polar surface area (TPSA) is 94.3 Å². The molecule has 3 rings (SSSR count). The first-order valence-electron chi connectivity index (χ1n) is 6.24. The molecule has 1 aliphatic rings. The van der Waals surface area contributed by atoms with Crippen LogP contribution in [0.1, 0.15) is 34.2 Å². The summed E-state index contributed by atoms with van der Waals surface area (Å²) in [5.41, 5.74) is 6.76. The summed E-state index contributed by atoms with van der Waals surface area (Å²) in [5, 5.41) is 9.23. The number of imidazole rings is 1. The highest BCUT2D eigenvalue weighted by Gasteiger charge is 2.27. The molecule has 6 nitrogen and oxygen atoms in total. The predicted molar refractivity (Wildman–Crippen MR) is 67.0 cm³/mol. The van der Waals surface area contributed by atoms with Gasteiger partial charge >= 0.3 is 5.97 Å². The number of carboxylic acids is 1. The van der Waals surface area contributed by atoms with E-state index in [0.29, 0.717) is 19.4 Å². The van der Waals surface area contributed by atoms with Gasteiger partial charge in [-0.1, -0.05) is 0 Å². The SMILES string of the molecule is NC1CCn2c(Cc3ccco3)nc(C(=O)O)c2C1. The van der Waals surface area contributed by atoms with Crippen LogP contribution in [0.15, 0.2) is 22.8 Å². The second-order valence-electron chi connectivity index (χ2n) is 4.79. The summed E-state index contributed by atoms with van der Waals surface area (Å²) >= 11 is 0. The molecule has 0 amide bonds. The van der Waals surface area contributed by atoms with Crippen LogP contribution >= 0.6 is 0 Å². The van der Waals surface area contributed by atoms with Crippen molar-refractivity contribution in [2.75, 3.05) is 0 Å². The first-order valence-corrected chi connectivity index (χ1v) is 6.24. The molecule has 1 aliphatic heterocycles. The molecule has 2 aromatic heterocycles. The molecule has 1 unspecified atom stereocenters. The zero-order valence-corrected chi connectivity index (χ0v) is 10.4. The molecule has 1 atom stereocenters. The van der Waals surface area contributed by atoms with Crippen molar-refractivity contribution >= 4 is 5.97 Å². The monoisotopic (exact) mass is 261 g/mol. The third kappa shape index (κ3) is 2.15. The first-order chi connectivity index (χ1) is 9.15. The molecule has 0 radical (unpaired) electrons. The van der Waals surface area contributed by atoms with Gasteiger partial charge in [0.1, 0.15) is 11.6 Å². The van der Waals surface area contributed by atoms with Crippen molar-refractivity contribution in [3.05, 3.63) is 41.4 Å². The summed E-state index contributed by atoms with van der Waals surface area (Å²) in [6, 6.07) is 3.68. The van der Waals surface area contributed by atoms with E-state index < -0.39 is 5.97 Å². The lowest BCUT2D eigenvalue weighted by Crippen LogP contribution is -2.32. The average molecular weight is 261 g/mol. The molecule has 3 heterocycles. The Hall–Kier alpha value is -2.08. The maximum Gasteiger partial charge on any atom is 0.356 e. The molecule has 0 saturated carbocycles. The highest BCUT2D eigenvalue weighted by Crippen LogP contribution is 2.22. The largest absolute Gasteiger partial charge is 0.476 e. The van der Waals surface area contributed by atoms with E-state index in [1.165, 1.54) is 0 Å². The normalized spacial score (nSPS) is 18.3. The Bertz CT molecular complexity index is 601. The van der Waals surface area contributed by atoms with Crippen LogP contribution in [0.5, 0.6) is 0 Å². The van der Waals surface area contributed by atoms with Crippen molar-refractivity contribution in [1.29, 1.82) is 0 Å². The summed E-state index contributed by atoms with van der Waals surface area (Å²) in [6.07, 6.45) is 3.51. The third-order valence-electron chi connectivity index (χ3n) is 3.45. The number of rotatable bonds is 3. The number of hydrogen-bond acceptors (Lipinski definition) is 4. The Labute approximate surface area is 109 Å². The minimum atomic E-state index is -0.997. The van der Waals surface area contributed by atoms with Crippen LogP contribution in [0.2, 0.25) is 0 Å². The lowest BCUT2D eigenvalue weighted by molar-refractivity contribution is 0.0689. The van der Waals surface area contributed by atoms with Crippen molar-refractivity contribution in [3.63, 3.8) is 0 Å². The molecule has 0 bridgehead atoms. The standard InChI is InChI=1S/C13H15N3O3/c14-8-3-4-16-10(6-8)12(13(17)18)15-11(16)7-9-2-1-5-19-9/h1-2,5,8H,3-4,6-7,14H2,(H,17,18). The molecule has 2 aromatic rings. The van der Waals surface area contributed by atoms with Gasteiger partial charge in [-0.3, -0.25) is 0 Å². The van der Waals surface area contributed by atoms with Crippen LogP contribution in [0.4, 0.5) is 0 Å². The van der Waals surface area contributed by atoms with Gasteiger partial charge in [-0.15, -0.1) is 0 Å². The number of aromatic nitrogens is 2. The van der Waals surface area contributed by atoms with Crippen molar-refractivity contribution in [2.45, 2.75) is 31.8 Å². The summed E-state index contributed by atoms with van der Waals surface area (Å²) in [4.78, 5) is 15.5. The summed E-state index contributed by atoms with van der Waals surface area (Å²) in [7, 11) is 0. The van der Waals surface area contributed by atoms with E-state index in [1.807, 2.05) is 16.7 Å². The fourth-order valence-corrected chi connectivity index (χ4v) is 2.53. The Kier molecular flexibility index (Phi) is 2.87. The van der Waals surface area contributed by atoms with Crippen molar-refractivity contribution in [3.8, 4) is 0 Å². The number of fused-ring (bicyclic) bond motifs is 1. The van der Waals surface area contributed by atoms with Crippen molar-refractivity contribution < 1.29 is 14.3 Å². The maximum absolute atomic E-state index is 11.3. The van der Waals surface area contributed by atoms with Crippen molar-refractivity contribution in [1.82, 2.24) is 9.55 Å². The average Bonchev–Trinajstić information content (AvgIpc) is 2.97. The van der Waals surface area contributed by atoms with Gasteiger partial charge < -0.3 is 19.8 Å². The maximum atomic E-state index is 11.3. The van der Waals surface area contributed by atoms with Gasteiger partial charge in [-0.25, -0.2) is 9.78 Å². The molecular formula is C13H15N3O3.